The summed E-state index contributed by atoms with van der Waals surface area (Å²) in [5.74, 6) is 0. The standard InChI is InChI=1S/C10H19N.C2H6/c1-2-9-7-4-8-11(9)10-5-3-6-10;1-2/h9-10H,2-8H2,1H3;1-2H3. The molecule has 0 aromatic carbocycles. The minimum Gasteiger partial charge on any atom is -0.297 e. The molecule has 0 N–H and O–H groups in total. The fourth-order valence-electron chi connectivity index (χ4n) is 2.50. The van der Waals surface area contributed by atoms with Gasteiger partial charge in [-0.25, -0.2) is 0 Å². The van der Waals surface area contributed by atoms with Crippen molar-refractivity contribution in [2.24, 2.45) is 0 Å². The van der Waals surface area contributed by atoms with Crippen molar-refractivity contribution < 1.29 is 0 Å². The molecule has 2 rings (SSSR count). The zero-order valence-corrected chi connectivity index (χ0v) is 9.55. The minimum absolute atomic E-state index is 0.945. The molecule has 0 spiro atoms. The van der Waals surface area contributed by atoms with Crippen LogP contribution in [0, 0.1) is 0 Å². The van der Waals surface area contributed by atoms with Crippen LogP contribution in [0.15, 0.2) is 0 Å². The summed E-state index contributed by atoms with van der Waals surface area (Å²) in [5, 5.41) is 0. The molecule has 13 heavy (non-hydrogen) atoms. The van der Waals surface area contributed by atoms with Gasteiger partial charge < -0.3 is 0 Å². The number of likely N-dealkylation sites (tertiary alicyclic amines) is 1. The first-order valence-electron chi connectivity index (χ1n) is 6.17. The number of hydrogen-bond acceptors (Lipinski definition) is 1. The van der Waals surface area contributed by atoms with Crippen LogP contribution in [-0.4, -0.2) is 23.5 Å². The van der Waals surface area contributed by atoms with Crippen molar-refractivity contribution >= 4 is 0 Å². The van der Waals surface area contributed by atoms with Gasteiger partial charge >= 0.3 is 0 Å². The molecule has 2 aliphatic rings. The molecule has 1 atom stereocenters. The minimum atomic E-state index is 0.945. The highest BCUT2D eigenvalue weighted by atomic mass is 15.2. The molecule has 78 valence electrons. The molecule has 0 aromatic heterocycles. The number of rotatable bonds is 2. The van der Waals surface area contributed by atoms with Crippen LogP contribution in [0.5, 0.6) is 0 Å². The molecule has 1 saturated heterocycles. The van der Waals surface area contributed by atoms with Crippen LogP contribution in [0.4, 0.5) is 0 Å². The molecule has 1 unspecified atom stereocenters. The lowest BCUT2D eigenvalue weighted by Crippen LogP contribution is -2.42. The van der Waals surface area contributed by atoms with Crippen LogP contribution in [0.3, 0.4) is 0 Å². The Labute approximate surface area is 83.5 Å². The van der Waals surface area contributed by atoms with Gasteiger partial charge in [-0.2, -0.15) is 0 Å². The lowest BCUT2D eigenvalue weighted by Gasteiger charge is -2.38. The van der Waals surface area contributed by atoms with Gasteiger partial charge in [-0.05, 0) is 38.6 Å². The van der Waals surface area contributed by atoms with Crippen molar-refractivity contribution in [2.45, 2.75) is 71.4 Å². The van der Waals surface area contributed by atoms with E-state index < -0.39 is 0 Å². The zero-order valence-electron chi connectivity index (χ0n) is 9.55. The van der Waals surface area contributed by atoms with Crippen molar-refractivity contribution in [3.63, 3.8) is 0 Å². The van der Waals surface area contributed by atoms with E-state index in [0.29, 0.717) is 0 Å². The lowest BCUT2D eigenvalue weighted by molar-refractivity contribution is 0.112. The van der Waals surface area contributed by atoms with Crippen LogP contribution in [0.1, 0.15) is 59.3 Å². The number of nitrogens with zero attached hydrogens (tertiary/aromatic N) is 1. The maximum atomic E-state index is 2.77. The summed E-state index contributed by atoms with van der Waals surface area (Å²) in [6, 6.07) is 1.93. The SMILES string of the molecule is CC.CCC1CCCN1C1CCC1. The van der Waals surface area contributed by atoms with Gasteiger partial charge in [0.2, 0.25) is 0 Å². The average molecular weight is 183 g/mol. The van der Waals surface area contributed by atoms with E-state index in [-0.39, 0.29) is 0 Å². The summed E-state index contributed by atoms with van der Waals surface area (Å²) in [6.45, 7) is 7.73. The molecule has 0 radical (unpaired) electrons. The molecule has 1 heteroatoms. The number of hydrogen-bond donors (Lipinski definition) is 0. The van der Waals surface area contributed by atoms with Gasteiger partial charge in [0.15, 0.2) is 0 Å². The van der Waals surface area contributed by atoms with Crippen LogP contribution in [0.2, 0.25) is 0 Å². The lowest BCUT2D eigenvalue weighted by atomic mass is 9.91. The van der Waals surface area contributed by atoms with E-state index in [2.05, 4.69) is 11.8 Å². The zero-order chi connectivity index (χ0) is 9.68. The van der Waals surface area contributed by atoms with E-state index in [4.69, 9.17) is 0 Å². The monoisotopic (exact) mass is 183 g/mol. The molecular formula is C12H25N. The Morgan fingerprint density at radius 3 is 2.23 bits per heavy atom. The average Bonchev–Trinajstić information content (AvgIpc) is 2.53. The van der Waals surface area contributed by atoms with E-state index in [9.17, 15) is 0 Å². The van der Waals surface area contributed by atoms with Gasteiger partial charge in [0.25, 0.3) is 0 Å². The van der Waals surface area contributed by atoms with Crippen molar-refractivity contribution in [1.82, 2.24) is 4.90 Å². The predicted octanol–water partition coefficient (Wildman–Crippen LogP) is 3.44. The van der Waals surface area contributed by atoms with Crippen molar-refractivity contribution in [1.29, 1.82) is 0 Å². The Bertz CT molecular complexity index is 129. The quantitative estimate of drug-likeness (QED) is 0.634. The summed E-state index contributed by atoms with van der Waals surface area (Å²) < 4.78 is 0. The van der Waals surface area contributed by atoms with E-state index >= 15 is 0 Å². The maximum Gasteiger partial charge on any atom is 0.00982 e. The fraction of sp³-hybridized carbons (Fsp3) is 1.00. The van der Waals surface area contributed by atoms with Crippen LogP contribution < -0.4 is 0 Å². The van der Waals surface area contributed by atoms with Crippen molar-refractivity contribution in [3.05, 3.63) is 0 Å². The van der Waals surface area contributed by atoms with Gasteiger partial charge in [-0.15, -0.1) is 0 Å². The molecule has 1 nitrogen and oxygen atoms in total. The fourth-order valence-corrected chi connectivity index (χ4v) is 2.50. The predicted molar refractivity (Wildman–Crippen MR) is 59.0 cm³/mol. The van der Waals surface area contributed by atoms with E-state index in [1.54, 1.807) is 0 Å². The summed E-state index contributed by atoms with van der Waals surface area (Å²) in [4.78, 5) is 2.77. The van der Waals surface area contributed by atoms with E-state index in [1.807, 2.05) is 13.8 Å². The maximum absolute atomic E-state index is 2.77. The van der Waals surface area contributed by atoms with Crippen molar-refractivity contribution in [3.8, 4) is 0 Å². The summed E-state index contributed by atoms with van der Waals surface area (Å²) in [7, 11) is 0. The second-order valence-electron chi connectivity index (χ2n) is 4.03. The van der Waals surface area contributed by atoms with Crippen molar-refractivity contribution in [2.75, 3.05) is 6.54 Å². The van der Waals surface area contributed by atoms with E-state index in [1.165, 1.54) is 45.1 Å². The molecule has 0 amide bonds. The summed E-state index contributed by atoms with van der Waals surface area (Å²) in [6.07, 6.45) is 8.74. The third-order valence-corrected chi connectivity index (χ3v) is 3.44. The molecule has 2 fully saturated rings. The Morgan fingerprint density at radius 2 is 1.77 bits per heavy atom. The third-order valence-electron chi connectivity index (χ3n) is 3.44. The highest BCUT2D eigenvalue weighted by Gasteiger charge is 2.32. The molecule has 1 saturated carbocycles. The van der Waals surface area contributed by atoms with Crippen LogP contribution in [-0.2, 0) is 0 Å². The largest absolute Gasteiger partial charge is 0.297 e. The van der Waals surface area contributed by atoms with Gasteiger partial charge in [-0.3, -0.25) is 4.90 Å². The first kappa shape index (κ1) is 11.0. The van der Waals surface area contributed by atoms with E-state index in [0.717, 1.165) is 12.1 Å². The third kappa shape index (κ3) is 2.46. The smallest absolute Gasteiger partial charge is 0.00982 e. The van der Waals surface area contributed by atoms with Gasteiger partial charge in [-0.1, -0.05) is 27.2 Å². The molecule has 1 heterocycles. The van der Waals surface area contributed by atoms with Gasteiger partial charge in [0.1, 0.15) is 0 Å². The molecular weight excluding hydrogens is 158 g/mol. The molecule has 0 aromatic rings. The second kappa shape index (κ2) is 5.64. The van der Waals surface area contributed by atoms with Crippen LogP contribution in [0.25, 0.3) is 0 Å². The molecule has 1 aliphatic carbocycles. The first-order chi connectivity index (χ1) is 6.42. The topological polar surface area (TPSA) is 3.24 Å². The highest BCUT2D eigenvalue weighted by molar-refractivity contribution is 4.88. The highest BCUT2D eigenvalue weighted by Crippen LogP contribution is 2.32. The Balaban J connectivity index is 0.000000396. The second-order valence-corrected chi connectivity index (χ2v) is 4.03. The van der Waals surface area contributed by atoms with Gasteiger partial charge in [0.05, 0.1) is 0 Å². The Kier molecular flexibility index (Phi) is 4.79. The Morgan fingerprint density at radius 1 is 1.08 bits per heavy atom. The first-order valence-corrected chi connectivity index (χ1v) is 6.17. The molecule has 1 aliphatic heterocycles. The van der Waals surface area contributed by atoms with Gasteiger partial charge in [0, 0.05) is 12.1 Å². The Hall–Kier alpha value is -0.0400. The molecule has 0 bridgehead atoms. The summed E-state index contributed by atoms with van der Waals surface area (Å²) >= 11 is 0. The van der Waals surface area contributed by atoms with Crippen LogP contribution >= 0.6 is 0 Å². The summed E-state index contributed by atoms with van der Waals surface area (Å²) in [5.41, 5.74) is 0. The normalized spacial score (nSPS) is 29.3.